The van der Waals surface area contributed by atoms with Gasteiger partial charge in [0.1, 0.15) is 17.0 Å². The normalized spacial score (nSPS) is 11.2. The number of aromatic nitrogens is 1. The SMILES string of the molecule is O=C(O)c1ccc(C(F)(F)F)nc1Oc1cccc(I)c1. The number of pyridine rings is 1. The van der Waals surface area contributed by atoms with Crippen LogP contribution in [0.2, 0.25) is 0 Å². The number of aromatic carboxylic acids is 1. The smallest absolute Gasteiger partial charge is 0.433 e. The van der Waals surface area contributed by atoms with Gasteiger partial charge < -0.3 is 9.84 Å². The second kappa shape index (κ2) is 5.88. The van der Waals surface area contributed by atoms with Gasteiger partial charge in [0.15, 0.2) is 0 Å². The average Bonchev–Trinajstić information content (AvgIpc) is 2.37. The number of benzene rings is 1. The quantitative estimate of drug-likeness (QED) is 0.773. The Balaban J connectivity index is 2.46. The minimum atomic E-state index is -4.68. The molecule has 0 unspecified atom stereocenters. The molecule has 0 saturated heterocycles. The van der Waals surface area contributed by atoms with Crippen molar-refractivity contribution in [2.75, 3.05) is 0 Å². The van der Waals surface area contributed by atoms with Crippen LogP contribution >= 0.6 is 22.6 Å². The number of ether oxygens (including phenoxy) is 1. The van der Waals surface area contributed by atoms with Gasteiger partial charge in [-0.15, -0.1) is 0 Å². The number of alkyl halides is 3. The Labute approximate surface area is 130 Å². The van der Waals surface area contributed by atoms with Crippen molar-refractivity contribution in [3.63, 3.8) is 0 Å². The summed E-state index contributed by atoms with van der Waals surface area (Å²) < 4.78 is 43.9. The molecule has 0 aliphatic heterocycles. The van der Waals surface area contributed by atoms with Crippen LogP contribution in [0, 0.1) is 3.57 Å². The van der Waals surface area contributed by atoms with E-state index in [9.17, 15) is 18.0 Å². The van der Waals surface area contributed by atoms with E-state index < -0.39 is 29.3 Å². The summed E-state index contributed by atoms with van der Waals surface area (Å²) in [7, 11) is 0. The fourth-order valence-corrected chi connectivity index (χ4v) is 2.00. The van der Waals surface area contributed by atoms with E-state index in [-0.39, 0.29) is 5.75 Å². The van der Waals surface area contributed by atoms with Crippen LogP contribution in [0.4, 0.5) is 13.2 Å². The molecule has 1 aromatic heterocycles. The molecule has 21 heavy (non-hydrogen) atoms. The van der Waals surface area contributed by atoms with E-state index in [2.05, 4.69) is 4.98 Å². The number of halogens is 4. The van der Waals surface area contributed by atoms with E-state index in [1.165, 1.54) is 6.07 Å². The predicted molar refractivity (Wildman–Crippen MR) is 75.4 cm³/mol. The number of nitrogens with zero attached hydrogens (tertiary/aromatic N) is 1. The molecule has 1 heterocycles. The Morgan fingerprint density at radius 3 is 2.52 bits per heavy atom. The molecule has 0 radical (unpaired) electrons. The molecule has 2 aromatic rings. The molecular formula is C13H7F3INO3. The summed E-state index contributed by atoms with van der Waals surface area (Å²) in [4.78, 5) is 14.3. The van der Waals surface area contributed by atoms with Crippen molar-refractivity contribution >= 4 is 28.6 Å². The lowest BCUT2D eigenvalue weighted by atomic mass is 10.2. The lowest BCUT2D eigenvalue weighted by Crippen LogP contribution is -2.11. The van der Waals surface area contributed by atoms with Gasteiger partial charge in [-0.25, -0.2) is 9.78 Å². The highest BCUT2D eigenvalue weighted by molar-refractivity contribution is 14.1. The molecule has 8 heteroatoms. The minimum absolute atomic E-state index is 0.205. The summed E-state index contributed by atoms with van der Waals surface area (Å²) in [6, 6.07) is 7.85. The summed E-state index contributed by atoms with van der Waals surface area (Å²) >= 11 is 1.99. The fourth-order valence-electron chi connectivity index (χ4n) is 1.48. The highest BCUT2D eigenvalue weighted by Gasteiger charge is 2.34. The summed E-state index contributed by atoms with van der Waals surface area (Å²) in [5.41, 5.74) is -1.66. The van der Waals surface area contributed by atoms with E-state index in [1.54, 1.807) is 18.2 Å². The van der Waals surface area contributed by atoms with Gasteiger partial charge in [0.25, 0.3) is 0 Å². The number of hydrogen-bond donors (Lipinski definition) is 1. The van der Waals surface area contributed by atoms with Gasteiger partial charge >= 0.3 is 12.1 Å². The molecular weight excluding hydrogens is 402 g/mol. The Morgan fingerprint density at radius 1 is 1.24 bits per heavy atom. The van der Waals surface area contributed by atoms with Gasteiger partial charge in [0.2, 0.25) is 5.88 Å². The van der Waals surface area contributed by atoms with Crippen LogP contribution in [0.3, 0.4) is 0 Å². The molecule has 0 aliphatic rings. The Morgan fingerprint density at radius 2 is 1.95 bits per heavy atom. The predicted octanol–water partition coefficient (Wildman–Crippen LogP) is 4.20. The fraction of sp³-hybridized carbons (Fsp3) is 0.0769. The van der Waals surface area contributed by atoms with Crippen LogP contribution in [-0.2, 0) is 6.18 Å². The maximum Gasteiger partial charge on any atom is 0.433 e. The highest BCUT2D eigenvalue weighted by Crippen LogP contribution is 2.32. The molecule has 0 bridgehead atoms. The first-order chi connectivity index (χ1) is 9.77. The summed E-state index contributed by atoms with van der Waals surface area (Å²) in [6.07, 6.45) is -4.68. The summed E-state index contributed by atoms with van der Waals surface area (Å²) in [5.74, 6) is -1.81. The average molecular weight is 409 g/mol. The van der Waals surface area contributed by atoms with Crippen LogP contribution < -0.4 is 4.74 Å². The summed E-state index contributed by atoms with van der Waals surface area (Å²) in [6.45, 7) is 0. The highest BCUT2D eigenvalue weighted by atomic mass is 127. The van der Waals surface area contributed by atoms with Gasteiger partial charge in [0.05, 0.1) is 0 Å². The first kappa shape index (κ1) is 15.5. The van der Waals surface area contributed by atoms with Crippen LogP contribution in [0.5, 0.6) is 11.6 Å². The maximum atomic E-state index is 12.6. The Kier molecular flexibility index (Phi) is 4.35. The lowest BCUT2D eigenvalue weighted by molar-refractivity contribution is -0.141. The molecule has 1 aromatic carbocycles. The van der Waals surface area contributed by atoms with E-state index >= 15 is 0 Å². The molecule has 0 fully saturated rings. The van der Waals surface area contributed by atoms with Crippen molar-refractivity contribution in [1.82, 2.24) is 4.98 Å². The topological polar surface area (TPSA) is 59.4 Å². The number of carbonyl (C=O) groups is 1. The number of hydrogen-bond acceptors (Lipinski definition) is 3. The largest absolute Gasteiger partial charge is 0.477 e. The second-order valence-corrected chi connectivity index (χ2v) is 5.16. The minimum Gasteiger partial charge on any atom is -0.477 e. The third-order valence-electron chi connectivity index (χ3n) is 2.39. The maximum absolute atomic E-state index is 12.6. The lowest BCUT2D eigenvalue weighted by Gasteiger charge is -2.11. The van der Waals surface area contributed by atoms with Crippen LogP contribution in [0.15, 0.2) is 36.4 Å². The third kappa shape index (κ3) is 3.84. The van der Waals surface area contributed by atoms with Gasteiger partial charge in [0, 0.05) is 3.57 Å². The molecule has 0 saturated carbocycles. The molecule has 2 rings (SSSR count). The van der Waals surface area contributed by atoms with Crippen LogP contribution in [-0.4, -0.2) is 16.1 Å². The van der Waals surface area contributed by atoms with Crippen molar-refractivity contribution < 1.29 is 27.8 Å². The number of rotatable bonds is 3. The molecule has 0 atom stereocenters. The molecule has 110 valence electrons. The van der Waals surface area contributed by atoms with Crippen molar-refractivity contribution in [2.24, 2.45) is 0 Å². The van der Waals surface area contributed by atoms with Crippen molar-refractivity contribution in [3.05, 3.63) is 51.2 Å². The Hall–Kier alpha value is -1.84. The van der Waals surface area contributed by atoms with Gasteiger partial charge in [-0.3, -0.25) is 0 Å². The Bertz CT molecular complexity index is 689. The van der Waals surface area contributed by atoms with Crippen molar-refractivity contribution in [1.29, 1.82) is 0 Å². The van der Waals surface area contributed by atoms with Crippen molar-refractivity contribution in [3.8, 4) is 11.6 Å². The first-order valence-electron chi connectivity index (χ1n) is 5.52. The summed E-state index contributed by atoms with van der Waals surface area (Å²) in [5, 5.41) is 8.99. The van der Waals surface area contributed by atoms with E-state index in [4.69, 9.17) is 9.84 Å². The zero-order valence-corrected chi connectivity index (χ0v) is 12.3. The molecule has 0 spiro atoms. The zero-order valence-electron chi connectivity index (χ0n) is 10.2. The molecule has 1 N–H and O–H groups in total. The van der Waals surface area contributed by atoms with E-state index in [1.807, 2.05) is 22.6 Å². The second-order valence-electron chi connectivity index (χ2n) is 3.91. The molecule has 0 aliphatic carbocycles. The number of carboxylic acids is 1. The monoisotopic (exact) mass is 409 g/mol. The molecule has 4 nitrogen and oxygen atoms in total. The van der Waals surface area contributed by atoms with E-state index in [0.717, 1.165) is 9.64 Å². The third-order valence-corrected chi connectivity index (χ3v) is 3.06. The standard InChI is InChI=1S/C13H7F3INO3/c14-13(15,16)10-5-4-9(12(19)20)11(18-10)21-8-3-1-2-7(17)6-8/h1-6H,(H,19,20). The van der Waals surface area contributed by atoms with Gasteiger partial charge in [-0.05, 0) is 52.9 Å². The first-order valence-corrected chi connectivity index (χ1v) is 6.60. The van der Waals surface area contributed by atoms with Crippen LogP contribution in [0.1, 0.15) is 16.1 Å². The van der Waals surface area contributed by atoms with Gasteiger partial charge in [-0.2, -0.15) is 13.2 Å². The van der Waals surface area contributed by atoms with Crippen LogP contribution in [0.25, 0.3) is 0 Å². The van der Waals surface area contributed by atoms with Crippen molar-refractivity contribution in [2.45, 2.75) is 6.18 Å². The van der Waals surface area contributed by atoms with E-state index in [0.29, 0.717) is 6.07 Å². The molecule has 0 amide bonds. The van der Waals surface area contributed by atoms with Gasteiger partial charge in [-0.1, -0.05) is 6.07 Å². The number of carboxylic acid groups (broad SMARTS) is 1. The zero-order chi connectivity index (χ0) is 15.6.